The van der Waals surface area contributed by atoms with Crippen LogP contribution in [0.2, 0.25) is 0 Å². The number of carboxylic acids is 1. The Morgan fingerprint density at radius 1 is 0.581 bits per heavy atom. The third-order valence-electron chi connectivity index (χ3n) is 4.93. The van der Waals surface area contributed by atoms with Crippen LogP contribution in [0.25, 0.3) is 0 Å². The Kier molecular flexibility index (Phi) is 5.49. The van der Waals surface area contributed by atoms with Gasteiger partial charge < -0.3 is 15.1 Å². The smallest absolute Gasteiger partial charge is 0.336 e. The van der Waals surface area contributed by atoms with Crippen molar-refractivity contribution in [2.24, 2.45) is 0 Å². The average molecular weight is 409 g/mol. The second-order valence-electron chi connectivity index (χ2n) is 6.86. The number of hydrogen-bond donors (Lipinski definition) is 2. The Morgan fingerprint density at radius 2 is 1.10 bits per heavy atom. The van der Waals surface area contributed by atoms with Crippen LogP contribution in [0.1, 0.15) is 26.3 Å². The van der Waals surface area contributed by atoms with Crippen LogP contribution in [0.3, 0.4) is 0 Å². The van der Waals surface area contributed by atoms with Crippen molar-refractivity contribution in [1.82, 2.24) is 0 Å². The van der Waals surface area contributed by atoms with Crippen LogP contribution in [0.4, 0.5) is 17.1 Å². The van der Waals surface area contributed by atoms with Gasteiger partial charge in [-0.3, -0.25) is 4.79 Å². The molecule has 0 fully saturated rings. The van der Waals surface area contributed by atoms with Gasteiger partial charge in [0.15, 0.2) is 5.78 Å². The van der Waals surface area contributed by atoms with E-state index in [4.69, 9.17) is 0 Å². The van der Waals surface area contributed by atoms with E-state index in [1.54, 1.807) is 65.6 Å². The zero-order valence-electron chi connectivity index (χ0n) is 16.5. The lowest BCUT2D eigenvalue weighted by Gasteiger charge is -2.28. The van der Waals surface area contributed by atoms with E-state index in [-0.39, 0.29) is 16.9 Å². The van der Waals surface area contributed by atoms with E-state index in [1.807, 2.05) is 30.3 Å². The molecule has 31 heavy (non-hydrogen) atoms. The molecule has 4 aromatic carbocycles. The molecule has 0 heterocycles. The maximum atomic E-state index is 13.5. The largest absolute Gasteiger partial charge is 0.506 e. The van der Waals surface area contributed by atoms with Crippen LogP contribution >= 0.6 is 0 Å². The van der Waals surface area contributed by atoms with Crippen molar-refractivity contribution in [2.45, 2.75) is 0 Å². The molecule has 4 rings (SSSR count). The standard InChI is InChI=1S/C26H19NO4/c28-24-17-9-8-16-23(24)27(18-10-2-1-3-11-18)22-15-7-6-14-21(22)25(29)19-12-4-5-13-20(19)26(30)31/h1-17,28H,(H,30,31). The molecule has 0 spiro atoms. The van der Waals surface area contributed by atoms with Crippen molar-refractivity contribution >= 4 is 28.8 Å². The molecular formula is C26H19NO4. The lowest BCUT2D eigenvalue weighted by atomic mass is 9.96. The SMILES string of the molecule is O=C(O)c1ccccc1C(=O)c1ccccc1N(c1ccccc1)c1ccccc1O. The third kappa shape index (κ3) is 3.89. The molecule has 0 bridgehead atoms. The number of nitrogens with zero attached hydrogens (tertiary/aromatic N) is 1. The summed E-state index contributed by atoms with van der Waals surface area (Å²) >= 11 is 0. The molecule has 0 amide bonds. The highest BCUT2D eigenvalue weighted by molar-refractivity contribution is 6.17. The molecule has 0 aromatic heterocycles. The van der Waals surface area contributed by atoms with Crippen LogP contribution in [0, 0.1) is 0 Å². The molecule has 0 unspecified atom stereocenters. The van der Waals surface area contributed by atoms with E-state index in [0.29, 0.717) is 16.9 Å². The van der Waals surface area contributed by atoms with Gasteiger partial charge in [0.2, 0.25) is 0 Å². The van der Waals surface area contributed by atoms with Gasteiger partial charge in [0, 0.05) is 16.8 Å². The fraction of sp³-hybridized carbons (Fsp3) is 0. The predicted octanol–water partition coefficient (Wildman–Crippen LogP) is 5.79. The normalized spacial score (nSPS) is 10.5. The second-order valence-corrected chi connectivity index (χ2v) is 6.86. The Labute approximate surface area is 179 Å². The highest BCUT2D eigenvalue weighted by Gasteiger charge is 2.24. The van der Waals surface area contributed by atoms with E-state index in [0.717, 1.165) is 5.69 Å². The number of phenols is 1. The number of phenolic OH excluding ortho intramolecular Hbond substituents is 1. The zero-order valence-corrected chi connectivity index (χ0v) is 16.5. The highest BCUT2D eigenvalue weighted by Crippen LogP contribution is 2.41. The Morgan fingerprint density at radius 3 is 1.74 bits per heavy atom. The number of rotatable bonds is 6. The van der Waals surface area contributed by atoms with Crippen molar-refractivity contribution in [3.63, 3.8) is 0 Å². The molecule has 5 nitrogen and oxygen atoms in total. The molecule has 4 aromatic rings. The van der Waals surface area contributed by atoms with E-state index >= 15 is 0 Å². The van der Waals surface area contributed by atoms with Crippen LogP contribution in [0.15, 0.2) is 103 Å². The number of hydrogen-bond acceptors (Lipinski definition) is 4. The first-order valence-corrected chi connectivity index (χ1v) is 9.67. The van der Waals surface area contributed by atoms with Gasteiger partial charge in [-0.25, -0.2) is 4.79 Å². The third-order valence-corrected chi connectivity index (χ3v) is 4.93. The van der Waals surface area contributed by atoms with Crippen molar-refractivity contribution in [3.8, 4) is 5.75 Å². The first-order valence-electron chi connectivity index (χ1n) is 9.67. The minimum atomic E-state index is -1.16. The first kappa shape index (κ1) is 19.9. The lowest BCUT2D eigenvalue weighted by Crippen LogP contribution is -2.16. The van der Waals surface area contributed by atoms with Crippen LogP contribution < -0.4 is 4.90 Å². The number of anilines is 3. The molecule has 0 aliphatic heterocycles. The van der Waals surface area contributed by atoms with Gasteiger partial charge in [0.1, 0.15) is 5.75 Å². The predicted molar refractivity (Wildman–Crippen MR) is 120 cm³/mol. The Balaban J connectivity index is 1.93. The molecule has 0 aliphatic carbocycles. The summed E-state index contributed by atoms with van der Waals surface area (Å²) in [7, 11) is 0. The molecule has 0 saturated heterocycles. The summed E-state index contributed by atoms with van der Waals surface area (Å²) in [6.07, 6.45) is 0. The lowest BCUT2D eigenvalue weighted by molar-refractivity contribution is 0.0693. The fourth-order valence-electron chi connectivity index (χ4n) is 3.51. The summed E-state index contributed by atoms with van der Waals surface area (Å²) in [6, 6.07) is 29.3. The molecule has 2 N–H and O–H groups in total. The maximum absolute atomic E-state index is 13.5. The monoisotopic (exact) mass is 409 g/mol. The van der Waals surface area contributed by atoms with Crippen molar-refractivity contribution in [3.05, 3.63) is 120 Å². The van der Waals surface area contributed by atoms with Gasteiger partial charge in [-0.1, -0.05) is 60.7 Å². The second kappa shape index (κ2) is 8.55. The number of ketones is 1. The summed E-state index contributed by atoms with van der Waals surface area (Å²) in [5.41, 5.74) is 2.14. The van der Waals surface area contributed by atoms with Gasteiger partial charge in [0.25, 0.3) is 0 Å². The van der Waals surface area contributed by atoms with E-state index < -0.39 is 11.8 Å². The van der Waals surface area contributed by atoms with E-state index in [1.165, 1.54) is 12.1 Å². The Bertz CT molecular complexity index is 1250. The molecule has 0 aliphatic rings. The minimum Gasteiger partial charge on any atom is -0.506 e. The maximum Gasteiger partial charge on any atom is 0.336 e. The summed E-state index contributed by atoms with van der Waals surface area (Å²) in [5.74, 6) is -1.52. The average Bonchev–Trinajstić information content (AvgIpc) is 2.81. The summed E-state index contributed by atoms with van der Waals surface area (Å²) in [4.78, 5) is 26.9. The molecule has 0 radical (unpaired) electrons. The van der Waals surface area contributed by atoms with Crippen molar-refractivity contribution in [1.29, 1.82) is 0 Å². The van der Waals surface area contributed by atoms with Gasteiger partial charge in [0.05, 0.1) is 16.9 Å². The number of carboxylic acid groups (broad SMARTS) is 1. The number of carbonyl (C=O) groups excluding carboxylic acids is 1. The molecular weight excluding hydrogens is 390 g/mol. The number of aromatic hydroxyl groups is 1. The number of aromatic carboxylic acids is 1. The van der Waals surface area contributed by atoms with Gasteiger partial charge in [-0.05, 0) is 42.5 Å². The first-order chi connectivity index (χ1) is 15.1. The Hall–Kier alpha value is -4.38. The molecule has 0 saturated carbocycles. The number of carbonyl (C=O) groups is 2. The number of para-hydroxylation sites is 4. The minimum absolute atomic E-state index is 0.0551. The van der Waals surface area contributed by atoms with E-state index in [2.05, 4.69) is 0 Å². The van der Waals surface area contributed by atoms with Crippen LogP contribution in [0.5, 0.6) is 5.75 Å². The molecule has 5 heteroatoms. The topological polar surface area (TPSA) is 77.8 Å². The molecule has 0 atom stereocenters. The number of benzene rings is 4. The van der Waals surface area contributed by atoms with Gasteiger partial charge in [-0.15, -0.1) is 0 Å². The summed E-state index contributed by atoms with van der Waals surface area (Å²) in [6.45, 7) is 0. The van der Waals surface area contributed by atoms with Gasteiger partial charge in [-0.2, -0.15) is 0 Å². The van der Waals surface area contributed by atoms with E-state index in [9.17, 15) is 19.8 Å². The quantitative estimate of drug-likeness (QED) is 0.394. The van der Waals surface area contributed by atoms with Crippen LogP contribution in [-0.4, -0.2) is 22.0 Å². The zero-order chi connectivity index (χ0) is 21.8. The van der Waals surface area contributed by atoms with Crippen LogP contribution in [-0.2, 0) is 0 Å². The molecule has 152 valence electrons. The highest BCUT2D eigenvalue weighted by atomic mass is 16.4. The summed E-state index contributed by atoms with van der Waals surface area (Å²) in [5, 5.41) is 20.1. The van der Waals surface area contributed by atoms with Gasteiger partial charge >= 0.3 is 5.97 Å². The summed E-state index contributed by atoms with van der Waals surface area (Å²) < 4.78 is 0. The van der Waals surface area contributed by atoms with Crippen molar-refractivity contribution in [2.75, 3.05) is 4.90 Å². The van der Waals surface area contributed by atoms with Crippen molar-refractivity contribution < 1.29 is 19.8 Å². The fourth-order valence-corrected chi connectivity index (χ4v) is 3.51.